The van der Waals surface area contributed by atoms with E-state index in [0.29, 0.717) is 33.8 Å². The van der Waals surface area contributed by atoms with Crippen molar-refractivity contribution in [3.05, 3.63) is 71.6 Å². The van der Waals surface area contributed by atoms with Crippen LogP contribution in [-0.4, -0.2) is 19.5 Å². The highest BCUT2D eigenvalue weighted by Crippen LogP contribution is 2.34. The van der Waals surface area contributed by atoms with E-state index in [4.69, 9.17) is 0 Å². The van der Waals surface area contributed by atoms with E-state index in [9.17, 15) is 13.2 Å². The third kappa shape index (κ3) is 2.73. The third-order valence-electron chi connectivity index (χ3n) is 4.34. The average Bonchev–Trinajstić information content (AvgIpc) is 3.33. The summed E-state index contributed by atoms with van der Waals surface area (Å²) >= 11 is 1.45. The number of imidazole rings is 1. The van der Waals surface area contributed by atoms with Crippen LogP contribution in [0.25, 0.3) is 38.7 Å². The molecule has 8 heteroatoms. The minimum atomic E-state index is -4.44. The van der Waals surface area contributed by atoms with Gasteiger partial charge in [0.15, 0.2) is 17.1 Å². The molecule has 0 N–H and O–H groups in total. The third-order valence-corrected chi connectivity index (χ3v) is 5.21. The Hall–Kier alpha value is -3.26. The monoisotopic (exact) mass is 396 g/mol. The van der Waals surface area contributed by atoms with E-state index >= 15 is 0 Å². The molecule has 3 heterocycles. The van der Waals surface area contributed by atoms with Crippen molar-refractivity contribution in [1.82, 2.24) is 19.5 Å². The first-order chi connectivity index (χ1) is 13.5. The van der Waals surface area contributed by atoms with E-state index in [1.807, 2.05) is 41.8 Å². The van der Waals surface area contributed by atoms with Gasteiger partial charge in [0, 0.05) is 5.69 Å². The van der Waals surface area contributed by atoms with Gasteiger partial charge in [-0.15, -0.1) is 11.3 Å². The molecule has 0 amide bonds. The molecule has 4 nitrogen and oxygen atoms in total. The molecule has 0 fully saturated rings. The first-order valence-electron chi connectivity index (χ1n) is 8.37. The number of benzene rings is 2. The summed E-state index contributed by atoms with van der Waals surface area (Å²) in [5, 5.41) is 1.89. The number of para-hydroxylation sites is 2. The molecule has 0 bridgehead atoms. The Labute approximate surface area is 160 Å². The highest BCUT2D eigenvalue weighted by molar-refractivity contribution is 7.13. The molecule has 0 saturated carbocycles. The van der Waals surface area contributed by atoms with Gasteiger partial charge in [-0.2, -0.15) is 13.2 Å². The summed E-state index contributed by atoms with van der Waals surface area (Å²) in [6.45, 7) is 0. The summed E-state index contributed by atoms with van der Waals surface area (Å²) in [5.74, 6) is 0.514. The lowest BCUT2D eigenvalue weighted by molar-refractivity contribution is -0.137. The first kappa shape index (κ1) is 16.9. The minimum Gasteiger partial charge on any atom is -0.275 e. The Morgan fingerprint density at radius 1 is 0.821 bits per heavy atom. The van der Waals surface area contributed by atoms with Crippen LogP contribution in [0.5, 0.6) is 0 Å². The van der Waals surface area contributed by atoms with Crippen molar-refractivity contribution in [1.29, 1.82) is 0 Å². The largest absolute Gasteiger partial charge is 0.416 e. The summed E-state index contributed by atoms with van der Waals surface area (Å²) in [6, 6.07) is 16.2. The van der Waals surface area contributed by atoms with Crippen LogP contribution in [0.1, 0.15) is 5.56 Å². The van der Waals surface area contributed by atoms with Crippen LogP contribution >= 0.6 is 11.3 Å². The second-order valence-electron chi connectivity index (χ2n) is 6.16. The van der Waals surface area contributed by atoms with Gasteiger partial charge in [0.25, 0.3) is 0 Å². The Morgan fingerprint density at radius 3 is 2.32 bits per heavy atom. The van der Waals surface area contributed by atoms with E-state index in [1.165, 1.54) is 17.4 Å². The number of aromatic nitrogens is 4. The fraction of sp³-hybridized carbons (Fsp3) is 0.0500. The standard InChI is InChI=1S/C20H11F3N4S/c21-20(22,23)12-5-3-6-13(11-12)27-18(16-9-4-10-28-16)26-17-19(27)25-15-8-2-1-7-14(15)24-17/h1-11H. The summed E-state index contributed by atoms with van der Waals surface area (Å²) < 4.78 is 41.4. The number of fused-ring (bicyclic) bond motifs is 2. The van der Waals surface area contributed by atoms with Crippen LogP contribution in [0.2, 0.25) is 0 Å². The van der Waals surface area contributed by atoms with E-state index < -0.39 is 11.7 Å². The van der Waals surface area contributed by atoms with Crippen molar-refractivity contribution in [2.75, 3.05) is 0 Å². The molecule has 3 aromatic heterocycles. The quantitative estimate of drug-likeness (QED) is 0.384. The van der Waals surface area contributed by atoms with Crippen LogP contribution < -0.4 is 0 Å². The Morgan fingerprint density at radius 2 is 1.61 bits per heavy atom. The lowest BCUT2D eigenvalue weighted by Gasteiger charge is -2.11. The number of hydrogen-bond donors (Lipinski definition) is 0. The molecule has 5 rings (SSSR count). The normalized spacial score (nSPS) is 12.1. The van der Waals surface area contributed by atoms with Gasteiger partial charge in [-0.05, 0) is 41.8 Å². The van der Waals surface area contributed by atoms with E-state index in [-0.39, 0.29) is 0 Å². The SMILES string of the molecule is FC(F)(F)c1cccc(-n2c(-c3cccs3)nc3nc4ccccc4nc32)c1. The summed E-state index contributed by atoms with van der Waals surface area (Å²) in [6.07, 6.45) is -4.44. The molecule has 0 aliphatic rings. The van der Waals surface area contributed by atoms with Crippen molar-refractivity contribution in [2.45, 2.75) is 6.18 Å². The highest BCUT2D eigenvalue weighted by Gasteiger charge is 2.31. The van der Waals surface area contributed by atoms with Crippen molar-refractivity contribution in [3.8, 4) is 16.4 Å². The van der Waals surface area contributed by atoms with Crippen molar-refractivity contribution in [3.63, 3.8) is 0 Å². The van der Waals surface area contributed by atoms with Gasteiger partial charge < -0.3 is 0 Å². The molecule has 0 radical (unpaired) electrons. The number of thiophene rings is 1. The maximum Gasteiger partial charge on any atom is 0.416 e. The van der Waals surface area contributed by atoms with Gasteiger partial charge in [0.1, 0.15) is 0 Å². The smallest absolute Gasteiger partial charge is 0.275 e. The molecule has 0 unspecified atom stereocenters. The van der Waals surface area contributed by atoms with Crippen LogP contribution in [0, 0.1) is 0 Å². The Kier molecular flexibility index (Phi) is 3.70. The zero-order valence-corrected chi connectivity index (χ0v) is 15.0. The maximum atomic E-state index is 13.3. The zero-order chi connectivity index (χ0) is 19.3. The molecule has 138 valence electrons. The summed E-state index contributed by atoms with van der Waals surface area (Å²) in [4.78, 5) is 14.6. The molecule has 0 saturated heterocycles. The van der Waals surface area contributed by atoms with E-state index in [2.05, 4.69) is 15.0 Å². The summed E-state index contributed by atoms with van der Waals surface area (Å²) in [5.41, 5.74) is 1.76. The maximum absolute atomic E-state index is 13.3. The predicted octanol–water partition coefficient (Wildman–Crippen LogP) is 5.72. The Balaban J connectivity index is 1.85. The lowest BCUT2D eigenvalue weighted by Crippen LogP contribution is -2.06. The van der Waals surface area contributed by atoms with Gasteiger partial charge in [0.2, 0.25) is 0 Å². The van der Waals surface area contributed by atoms with Crippen LogP contribution in [-0.2, 0) is 6.18 Å². The number of rotatable bonds is 2. The first-order valence-corrected chi connectivity index (χ1v) is 9.25. The van der Waals surface area contributed by atoms with Gasteiger partial charge in [-0.25, -0.2) is 15.0 Å². The van der Waals surface area contributed by atoms with Gasteiger partial charge >= 0.3 is 6.18 Å². The van der Waals surface area contributed by atoms with Gasteiger partial charge in [-0.3, -0.25) is 4.57 Å². The molecule has 0 aliphatic carbocycles. The second-order valence-corrected chi connectivity index (χ2v) is 7.10. The molecular weight excluding hydrogens is 385 g/mol. The number of halogens is 3. The molecule has 2 aromatic carbocycles. The number of hydrogen-bond acceptors (Lipinski definition) is 4. The highest BCUT2D eigenvalue weighted by atomic mass is 32.1. The topological polar surface area (TPSA) is 43.6 Å². The van der Waals surface area contributed by atoms with Crippen molar-refractivity contribution >= 4 is 33.7 Å². The molecule has 0 spiro atoms. The fourth-order valence-corrected chi connectivity index (χ4v) is 3.80. The minimum absolute atomic E-state index is 0.338. The molecule has 5 aromatic rings. The summed E-state index contributed by atoms with van der Waals surface area (Å²) in [7, 11) is 0. The number of nitrogens with zero attached hydrogens (tertiary/aromatic N) is 4. The van der Waals surface area contributed by atoms with E-state index in [1.54, 1.807) is 10.6 Å². The Bertz CT molecular complexity index is 1310. The molecule has 0 aliphatic heterocycles. The predicted molar refractivity (Wildman–Crippen MR) is 102 cm³/mol. The molecule has 28 heavy (non-hydrogen) atoms. The fourth-order valence-electron chi connectivity index (χ4n) is 3.09. The van der Waals surface area contributed by atoms with E-state index in [0.717, 1.165) is 17.0 Å². The van der Waals surface area contributed by atoms with Crippen molar-refractivity contribution in [2.24, 2.45) is 0 Å². The average molecular weight is 396 g/mol. The van der Waals surface area contributed by atoms with Crippen molar-refractivity contribution < 1.29 is 13.2 Å². The zero-order valence-electron chi connectivity index (χ0n) is 14.2. The van der Waals surface area contributed by atoms with Crippen LogP contribution in [0.4, 0.5) is 13.2 Å². The molecular formula is C20H11F3N4S. The molecule has 0 atom stereocenters. The van der Waals surface area contributed by atoms with Gasteiger partial charge in [0.05, 0.1) is 21.5 Å². The van der Waals surface area contributed by atoms with Crippen LogP contribution in [0.15, 0.2) is 66.0 Å². The second kappa shape index (κ2) is 6.13. The van der Waals surface area contributed by atoms with Gasteiger partial charge in [-0.1, -0.05) is 24.3 Å². The number of alkyl halides is 3. The lowest BCUT2D eigenvalue weighted by atomic mass is 10.2. The van der Waals surface area contributed by atoms with Crippen LogP contribution in [0.3, 0.4) is 0 Å².